The molecule has 2 aromatic rings. The topological polar surface area (TPSA) is 79.3 Å². The minimum absolute atomic E-state index is 0.144. The quantitative estimate of drug-likeness (QED) is 0.900. The van der Waals surface area contributed by atoms with E-state index in [1.807, 2.05) is 6.07 Å². The van der Waals surface area contributed by atoms with E-state index in [1.165, 1.54) is 18.3 Å². The smallest absolute Gasteiger partial charge is 0.335 e. The number of amides is 1. The molecule has 0 fully saturated rings. The van der Waals surface area contributed by atoms with Crippen molar-refractivity contribution in [2.45, 2.75) is 6.54 Å². The first-order chi connectivity index (χ1) is 9.58. The zero-order chi connectivity index (χ0) is 14.5. The highest BCUT2D eigenvalue weighted by Gasteiger charge is 2.10. The number of nitrogens with zero attached hydrogens (tertiary/aromatic N) is 1. The van der Waals surface area contributed by atoms with Gasteiger partial charge in [0, 0.05) is 10.7 Å². The number of benzene rings is 1. The minimum atomic E-state index is -1.02. The van der Waals surface area contributed by atoms with Crippen LogP contribution in [-0.4, -0.2) is 22.0 Å². The van der Waals surface area contributed by atoms with Gasteiger partial charge in [-0.15, -0.1) is 0 Å². The standard InChI is InChI=1S/C14H11BrN2O3/c15-12-4-2-1-3-11(12)13(18)17-8-10-7-9(14(19)20)5-6-16-10/h1-7H,8H2,(H,17,18)(H,19,20). The average Bonchev–Trinajstić information content (AvgIpc) is 2.45. The summed E-state index contributed by atoms with van der Waals surface area (Å²) >= 11 is 3.30. The molecular formula is C14H11BrN2O3. The monoisotopic (exact) mass is 334 g/mol. The Morgan fingerprint density at radius 1 is 1.25 bits per heavy atom. The summed E-state index contributed by atoms with van der Waals surface area (Å²) in [6, 6.07) is 9.89. The van der Waals surface area contributed by atoms with Gasteiger partial charge in [-0.3, -0.25) is 9.78 Å². The number of aromatic nitrogens is 1. The molecule has 0 aliphatic heterocycles. The number of hydrogen-bond acceptors (Lipinski definition) is 3. The minimum Gasteiger partial charge on any atom is -0.478 e. The first kappa shape index (κ1) is 14.2. The van der Waals surface area contributed by atoms with Gasteiger partial charge >= 0.3 is 5.97 Å². The summed E-state index contributed by atoms with van der Waals surface area (Å²) in [5, 5.41) is 11.6. The molecule has 102 valence electrons. The third-order valence-corrected chi connectivity index (χ3v) is 3.30. The lowest BCUT2D eigenvalue weighted by Crippen LogP contribution is -2.23. The average molecular weight is 335 g/mol. The van der Waals surface area contributed by atoms with Gasteiger partial charge in [-0.2, -0.15) is 0 Å². The molecule has 6 heteroatoms. The Kier molecular flexibility index (Phi) is 4.47. The number of carbonyl (C=O) groups is 2. The molecule has 0 atom stereocenters. The van der Waals surface area contributed by atoms with Crippen molar-refractivity contribution in [2.24, 2.45) is 0 Å². The van der Waals surface area contributed by atoms with Gasteiger partial charge < -0.3 is 10.4 Å². The Morgan fingerprint density at radius 3 is 2.70 bits per heavy atom. The number of carbonyl (C=O) groups excluding carboxylic acids is 1. The number of pyridine rings is 1. The van der Waals surface area contributed by atoms with E-state index in [0.717, 1.165) is 0 Å². The van der Waals surface area contributed by atoms with Crippen LogP contribution in [0, 0.1) is 0 Å². The number of halogens is 1. The second-order valence-electron chi connectivity index (χ2n) is 4.00. The molecule has 0 radical (unpaired) electrons. The van der Waals surface area contributed by atoms with E-state index in [0.29, 0.717) is 15.7 Å². The number of hydrogen-bond donors (Lipinski definition) is 2. The molecule has 0 saturated heterocycles. The zero-order valence-corrected chi connectivity index (χ0v) is 11.9. The molecule has 1 amide bonds. The maximum atomic E-state index is 12.0. The van der Waals surface area contributed by atoms with E-state index in [1.54, 1.807) is 18.2 Å². The van der Waals surface area contributed by atoms with E-state index in [2.05, 4.69) is 26.2 Å². The highest BCUT2D eigenvalue weighted by Crippen LogP contribution is 2.15. The van der Waals surface area contributed by atoms with Crippen LogP contribution in [0.2, 0.25) is 0 Å². The van der Waals surface area contributed by atoms with Crippen LogP contribution < -0.4 is 5.32 Å². The van der Waals surface area contributed by atoms with Crippen molar-refractivity contribution in [3.63, 3.8) is 0 Å². The van der Waals surface area contributed by atoms with Gasteiger partial charge in [0.05, 0.1) is 23.4 Å². The van der Waals surface area contributed by atoms with Crippen LogP contribution in [0.15, 0.2) is 47.1 Å². The number of carboxylic acid groups (broad SMARTS) is 1. The molecule has 2 rings (SSSR count). The van der Waals surface area contributed by atoms with Crippen molar-refractivity contribution in [3.8, 4) is 0 Å². The largest absolute Gasteiger partial charge is 0.478 e. The van der Waals surface area contributed by atoms with Crippen LogP contribution in [0.3, 0.4) is 0 Å². The Balaban J connectivity index is 2.06. The van der Waals surface area contributed by atoms with Crippen LogP contribution >= 0.6 is 15.9 Å². The van der Waals surface area contributed by atoms with E-state index in [4.69, 9.17) is 5.11 Å². The highest BCUT2D eigenvalue weighted by atomic mass is 79.9. The van der Waals surface area contributed by atoms with E-state index >= 15 is 0 Å². The van der Waals surface area contributed by atoms with Gasteiger partial charge in [0.2, 0.25) is 0 Å². The third kappa shape index (κ3) is 3.42. The zero-order valence-electron chi connectivity index (χ0n) is 10.3. The fraction of sp³-hybridized carbons (Fsp3) is 0.0714. The predicted molar refractivity (Wildman–Crippen MR) is 76.5 cm³/mol. The van der Waals surface area contributed by atoms with Crippen molar-refractivity contribution in [3.05, 3.63) is 63.9 Å². The summed E-state index contributed by atoms with van der Waals surface area (Å²) in [4.78, 5) is 26.8. The van der Waals surface area contributed by atoms with Crippen LogP contribution in [0.1, 0.15) is 26.4 Å². The van der Waals surface area contributed by atoms with Crippen molar-refractivity contribution in [2.75, 3.05) is 0 Å². The van der Waals surface area contributed by atoms with Crippen molar-refractivity contribution >= 4 is 27.8 Å². The summed E-state index contributed by atoms with van der Waals surface area (Å²) in [6.07, 6.45) is 1.41. The number of rotatable bonds is 4. The van der Waals surface area contributed by atoms with Gasteiger partial charge in [-0.25, -0.2) is 4.79 Å². The Hall–Kier alpha value is -2.21. The Morgan fingerprint density at radius 2 is 2.00 bits per heavy atom. The predicted octanol–water partition coefficient (Wildman–Crippen LogP) is 2.47. The molecule has 0 aliphatic carbocycles. The van der Waals surface area contributed by atoms with Gasteiger partial charge in [-0.05, 0) is 40.2 Å². The van der Waals surface area contributed by atoms with Crippen LogP contribution in [0.25, 0.3) is 0 Å². The maximum absolute atomic E-state index is 12.0. The van der Waals surface area contributed by atoms with E-state index < -0.39 is 5.97 Å². The molecule has 0 aliphatic rings. The molecule has 1 aromatic carbocycles. The van der Waals surface area contributed by atoms with Gasteiger partial charge in [-0.1, -0.05) is 12.1 Å². The van der Waals surface area contributed by atoms with Crippen LogP contribution in [-0.2, 0) is 6.54 Å². The molecule has 2 N–H and O–H groups in total. The van der Waals surface area contributed by atoms with Gasteiger partial charge in [0.1, 0.15) is 0 Å². The maximum Gasteiger partial charge on any atom is 0.335 e. The fourth-order valence-electron chi connectivity index (χ4n) is 1.62. The normalized spacial score (nSPS) is 10.1. The van der Waals surface area contributed by atoms with Crippen molar-refractivity contribution < 1.29 is 14.7 Å². The van der Waals surface area contributed by atoms with Gasteiger partial charge in [0.15, 0.2) is 0 Å². The Bertz CT molecular complexity index is 658. The molecule has 0 saturated carbocycles. The second kappa shape index (κ2) is 6.29. The number of carboxylic acids is 1. The lowest BCUT2D eigenvalue weighted by atomic mass is 10.2. The Labute approximate surface area is 123 Å². The molecule has 0 unspecified atom stereocenters. The van der Waals surface area contributed by atoms with E-state index in [9.17, 15) is 9.59 Å². The van der Waals surface area contributed by atoms with Crippen LogP contribution in [0.4, 0.5) is 0 Å². The number of nitrogens with one attached hydrogen (secondary N) is 1. The second-order valence-corrected chi connectivity index (χ2v) is 4.86. The molecule has 1 heterocycles. The third-order valence-electron chi connectivity index (χ3n) is 2.61. The number of aromatic carboxylic acids is 1. The SMILES string of the molecule is O=C(O)c1ccnc(CNC(=O)c2ccccc2Br)c1. The summed E-state index contributed by atoms with van der Waals surface area (Å²) in [5.41, 5.74) is 1.15. The lowest BCUT2D eigenvalue weighted by molar-refractivity contribution is 0.0696. The molecule has 1 aromatic heterocycles. The summed E-state index contributed by atoms with van der Waals surface area (Å²) in [7, 11) is 0. The van der Waals surface area contributed by atoms with E-state index in [-0.39, 0.29) is 18.0 Å². The fourth-order valence-corrected chi connectivity index (χ4v) is 2.08. The molecule has 5 nitrogen and oxygen atoms in total. The van der Waals surface area contributed by atoms with Gasteiger partial charge in [0.25, 0.3) is 5.91 Å². The summed E-state index contributed by atoms with van der Waals surface area (Å²) in [6.45, 7) is 0.168. The van der Waals surface area contributed by atoms with Crippen molar-refractivity contribution in [1.29, 1.82) is 0 Å². The summed E-state index contributed by atoms with van der Waals surface area (Å²) < 4.78 is 0.699. The summed E-state index contributed by atoms with van der Waals surface area (Å²) in [5.74, 6) is -1.27. The van der Waals surface area contributed by atoms with Crippen LogP contribution in [0.5, 0.6) is 0 Å². The molecule has 0 bridgehead atoms. The first-order valence-corrected chi connectivity index (χ1v) is 6.58. The first-order valence-electron chi connectivity index (χ1n) is 5.79. The molecule has 0 spiro atoms. The lowest BCUT2D eigenvalue weighted by Gasteiger charge is -2.06. The highest BCUT2D eigenvalue weighted by molar-refractivity contribution is 9.10. The molecular weight excluding hydrogens is 324 g/mol. The van der Waals surface area contributed by atoms with Crippen molar-refractivity contribution in [1.82, 2.24) is 10.3 Å². The molecule has 20 heavy (non-hydrogen) atoms.